The van der Waals surface area contributed by atoms with E-state index in [2.05, 4.69) is 10.3 Å². The van der Waals surface area contributed by atoms with Gasteiger partial charge in [-0.25, -0.2) is 4.79 Å². The van der Waals surface area contributed by atoms with Crippen molar-refractivity contribution in [3.05, 3.63) is 22.5 Å². The Kier molecular flexibility index (Phi) is 6.30. The van der Waals surface area contributed by atoms with Crippen molar-refractivity contribution in [1.29, 1.82) is 0 Å². The van der Waals surface area contributed by atoms with Gasteiger partial charge >= 0.3 is 12.0 Å². The largest absolute Gasteiger partial charge is 0.453 e. The Bertz CT molecular complexity index is 881. The lowest BCUT2D eigenvalue weighted by molar-refractivity contribution is -0.150. The zero-order valence-corrected chi connectivity index (χ0v) is 17.6. The smallest absolute Gasteiger partial charge is 0.326 e. The van der Waals surface area contributed by atoms with Gasteiger partial charge in [0.25, 0.3) is 5.91 Å². The van der Waals surface area contributed by atoms with Crippen molar-refractivity contribution in [2.24, 2.45) is 0 Å². The van der Waals surface area contributed by atoms with Crippen LogP contribution < -0.4 is 5.32 Å². The highest BCUT2D eigenvalue weighted by molar-refractivity contribution is 6.09. The fourth-order valence-corrected chi connectivity index (χ4v) is 3.69. The number of H-pyrrole nitrogens is 1. The number of esters is 1. The summed E-state index contributed by atoms with van der Waals surface area (Å²) in [5.41, 5.74) is 0.667. The number of urea groups is 1. The third-order valence-electron chi connectivity index (χ3n) is 5.45. The maximum atomic E-state index is 12.7. The van der Waals surface area contributed by atoms with Gasteiger partial charge in [-0.15, -0.1) is 0 Å². The van der Waals surface area contributed by atoms with Crippen LogP contribution in [0, 0.1) is 13.8 Å². The summed E-state index contributed by atoms with van der Waals surface area (Å²) in [7, 11) is 0. The number of carbonyl (C=O) groups is 5. The third-order valence-corrected chi connectivity index (χ3v) is 5.45. The first-order valence-corrected chi connectivity index (χ1v) is 9.56. The number of carbonyl (C=O) groups excluding carboxylic acids is 5. The summed E-state index contributed by atoms with van der Waals surface area (Å²) in [6.45, 7) is 9.11. The maximum absolute atomic E-state index is 12.7. The molecule has 29 heavy (non-hydrogen) atoms. The summed E-state index contributed by atoms with van der Waals surface area (Å²) < 4.78 is 5.16. The molecule has 0 saturated carbocycles. The van der Waals surface area contributed by atoms with E-state index in [-0.39, 0.29) is 11.5 Å². The Morgan fingerprint density at radius 1 is 1.14 bits per heavy atom. The minimum Gasteiger partial charge on any atom is -0.453 e. The molecule has 0 aromatic carbocycles. The van der Waals surface area contributed by atoms with Gasteiger partial charge in [0.1, 0.15) is 12.1 Å². The zero-order chi connectivity index (χ0) is 22.1. The van der Waals surface area contributed by atoms with E-state index in [4.69, 9.17) is 4.74 Å². The van der Waals surface area contributed by atoms with Crippen LogP contribution in [-0.2, 0) is 14.3 Å². The highest BCUT2D eigenvalue weighted by atomic mass is 16.5. The molecule has 1 atom stereocenters. The van der Waals surface area contributed by atoms with E-state index in [0.717, 1.165) is 4.90 Å². The molecule has 0 bridgehead atoms. The molecule has 0 radical (unpaired) electrons. The van der Waals surface area contributed by atoms with Crippen LogP contribution in [0.2, 0.25) is 0 Å². The lowest BCUT2D eigenvalue weighted by Gasteiger charge is -2.23. The van der Waals surface area contributed by atoms with Crippen LogP contribution in [0.15, 0.2) is 0 Å². The number of hydrogen-bond donors (Lipinski definition) is 2. The Labute approximate surface area is 169 Å². The number of hydrogen-bond acceptors (Lipinski definition) is 6. The van der Waals surface area contributed by atoms with Gasteiger partial charge in [0.05, 0.1) is 5.69 Å². The fraction of sp³-hybridized carbons (Fsp3) is 0.550. The number of amides is 3. The highest BCUT2D eigenvalue weighted by Crippen LogP contribution is 2.25. The van der Waals surface area contributed by atoms with Gasteiger partial charge in [0, 0.05) is 11.3 Å². The van der Waals surface area contributed by atoms with E-state index >= 15 is 0 Å². The van der Waals surface area contributed by atoms with Crippen molar-refractivity contribution in [2.45, 2.75) is 66.0 Å². The number of nitrogens with zero attached hydrogens (tertiary/aromatic N) is 1. The molecular formula is C20H27N3O6. The Morgan fingerprint density at radius 2 is 1.72 bits per heavy atom. The summed E-state index contributed by atoms with van der Waals surface area (Å²) in [6, 6.07) is -0.656. The van der Waals surface area contributed by atoms with E-state index in [9.17, 15) is 24.0 Å². The van der Waals surface area contributed by atoms with E-state index in [1.807, 2.05) is 0 Å². The quantitative estimate of drug-likeness (QED) is 0.387. The summed E-state index contributed by atoms with van der Waals surface area (Å²) >= 11 is 0. The van der Waals surface area contributed by atoms with Gasteiger partial charge in [0.2, 0.25) is 5.78 Å². The molecule has 158 valence electrons. The first-order valence-electron chi connectivity index (χ1n) is 9.56. The molecule has 2 rings (SSSR count). The predicted octanol–water partition coefficient (Wildman–Crippen LogP) is 2.06. The normalized spacial score (nSPS) is 16.6. The van der Waals surface area contributed by atoms with Crippen molar-refractivity contribution >= 4 is 29.5 Å². The van der Waals surface area contributed by atoms with Crippen molar-refractivity contribution in [3.8, 4) is 0 Å². The van der Waals surface area contributed by atoms with Gasteiger partial charge in [-0.1, -0.05) is 13.8 Å². The summed E-state index contributed by atoms with van der Waals surface area (Å²) in [4.78, 5) is 65.0. The average Bonchev–Trinajstić information content (AvgIpc) is 3.08. The highest BCUT2D eigenvalue weighted by Gasteiger charge is 2.49. The second-order valence-electron chi connectivity index (χ2n) is 7.29. The predicted molar refractivity (Wildman–Crippen MR) is 104 cm³/mol. The van der Waals surface area contributed by atoms with Crippen LogP contribution in [0.25, 0.3) is 0 Å². The number of rotatable bonds is 8. The molecule has 1 aromatic rings. The summed E-state index contributed by atoms with van der Waals surface area (Å²) in [6.07, 6.45) is -0.349. The number of aryl methyl sites for hydroxylation is 1. The monoisotopic (exact) mass is 405 g/mol. The Morgan fingerprint density at radius 3 is 2.17 bits per heavy atom. The minimum atomic E-state index is -1.15. The second-order valence-corrected chi connectivity index (χ2v) is 7.29. The molecule has 3 amide bonds. The van der Waals surface area contributed by atoms with E-state index < -0.39 is 41.9 Å². The Hall–Kier alpha value is -2.97. The maximum Gasteiger partial charge on any atom is 0.326 e. The molecule has 1 fully saturated rings. The van der Waals surface area contributed by atoms with Crippen LogP contribution in [0.4, 0.5) is 4.79 Å². The topological polar surface area (TPSA) is 126 Å². The number of aromatic amines is 1. The molecule has 2 N–H and O–H groups in total. The minimum absolute atomic E-state index is 0.172. The van der Waals surface area contributed by atoms with Crippen LogP contribution in [-0.4, -0.2) is 57.5 Å². The number of ketones is 2. The van der Waals surface area contributed by atoms with E-state index in [1.54, 1.807) is 27.7 Å². The number of ether oxygens (including phenoxy) is 1. The van der Waals surface area contributed by atoms with Crippen LogP contribution in [0.3, 0.4) is 0 Å². The van der Waals surface area contributed by atoms with Crippen molar-refractivity contribution in [1.82, 2.24) is 15.2 Å². The summed E-state index contributed by atoms with van der Waals surface area (Å²) in [5, 5.41) is 2.63. The zero-order valence-electron chi connectivity index (χ0n) is 17.6. The van der Waals surface area contributed by atoms with Crippen molar-refractivity contribution in [3.63, 3.8) is 0 Å². The molecule has 0 spiro atoms. The molecule has 1 aromatic heterocycles. The molecule has 1 saturated heterocycles. The summed E-state index contributed by atoms with van der Waals surface area (Å²) in [5.74, 6) is -2.02. The van der Waals surface area contributed by atoms with E-state index in [1.165, 1.54) is 13.8 Å². The SMILES string of the molecule is CCC1(CC)NC(=O)N(CC(=O)OC(C)C(=O)c2[nH]c(C)c(C(C)=O)c2C)C1=O. The van der Waals surface area contributed by atoms with Crippen molar-refractivity contribution in [2.75, 3.05) is 6.54 Å². The van der Waals surface area contributed by atoms with Gasteiger partial charge < -0.3 is 15.0 Å². The first kappa shape index (κ1) is 22.3. The van der Waals surface area contributed by atoms with Gasteiger partial charge in [-0.2, -0.15) is 0 Å². The number of aromatic nitrogens is 1. The van der Waals surface area contributed by atoms with Crippen LogP contribution in [0.1, 0.15) is 72.6 Å². The average molecular weight is 405 g/mol. The van der Waals surface area contributed by atoms with E-state index in [0.29, 0.717) is 29.7 Å². The van der Waals surface area contributed by atoms with Crippen molar-refractivity contribution < 1.29 is 28.7 Å². The van der Waals surface area contributed by atoms with Gasteiger partial charge in [0.15, 0.2) is 11.9 Å². The fourth-order valence-electron chi connectivity index (χ4n) is 3.69. The molecule has 0 aliphatic carbocycles. The lowest BCUT2D eigenvalue weighted by Crippen LogP contribution is -2.46. The number of nitrogens with one attached hydrogen (secondary N) is 2. The van der Waals surface area contributed by atoms with Crippen LogP contribution in [0.5, 0.6) is 0 Å². The second kappa shape index (κ2) is 8.18. The first-order chi connectivity index (χ1) is 13.5. The molecule has 9 nitrogen and oxygen atoms in total. The number of Topliss-reactive ketones (excluding diaryl/α,β-unsaturated/α-hetero) is 2. The molecule has 1 aliphatic heterocycles. The third kappa shape index (κ3) is 3.94. The molecule has 1 aliphatic rings. The number of imide groups is 1. The van der Waals surface area contributed by atoms with Gasteiger partial charge in [-0.05, 0) is 46.1 Å². The standard InChI is InChI=1S/C20H27N3O6/c1-7-20(8-2)18(27)23(19(28)22-20)9-14(25)29-13(6)17(26)16-10(3)15(12(5)24)11(4)21-16/h13,21H,7-9H2,1-6H3,(H,22,28). The molecular weight excluding hydrogens is 378 g/mol. The van der Waals surface area contributed by atoms with Gasteiger partial charge in [-0.3, -0.25) is 24.1 Å². The lowest BCUT2D eigenvalue weighted by atomic mass is 9.93. The molecule has 1 unspecified atom stereocenters. The molecule has 2 heterocycles. The van der Waals surface area contributed by atoms with Crippen LogP contribution >= 0.6 is 0 Å². The Balaban J connectivity index is 2.09. The molecule has 9 heteroatoms.